The maximum Gasteiger partial charge on any atom is 0.240 e. The van der Waals surface area contributed by atoms with Gasteiger partial charge in [0.15, 0.2) is 0 Å². The van der Waals surface area contributed by atoms with Crippen LogP contribution in [0.3, 0.4) is 0 Å². The monoisotopic (exact) mass is 304 g/mol. The molecule has 1 aromatic carbocycles. The zero-order chi connectivity index (χ0) is 16.0. The van der Waals surface area contributed by atoms with Crippen LogP contribution >= 0.6 is 0 Å². The number of nitrogens with zero attached hydrogens (tertiary/aromatic N) is 1. The van der Waals surface area contributed by atoms with Gasteiger partial charge in [0.05, 0.1) is 13.3 Å². The van der Waals surface area contributed by atoms with Gasteiger partial charge in [-0.25, -0.2) is 5.43 Å². The number of amides is 1. The number of carbonyl (C=O) groups is 1. The molecule has 0 aromatic heterocycles. The minimum Gasteiger partial charge on any atom is -0.496 e. The summed E-state index contributed by atoms with van der Waals surface area (Å²) in [4.78, 5) is 11.7. The lowest BCUT2D eigenvalue weighted by Crippen LogP contribution is -2.16. The summed E-state index contributed by atoms with van der Waals surface area (Å²) in [7, 11) is 1.62. The Morgan fingerprint density at radius 1 is 1.14 bits per heavy atom. The molecule has 0 saturated heterocycles. The lowest BCUT2D eigenvalue weighted by atomic mass is 10.1. The number of methoxy groups -OCH3 is 1. The fourth-order valence-corrected chi connectivity index (χ4v) is 2.25. The van der Waals surface area contributed by atoms with Crippen LogP contribution in [0.2, 0.25) is 0 Å². The van der Waals surface area contributed by atoms with E-state index in [1.807, 2.05) is 24.3 Å². The summed E-state index contributed by atoms with van der Waals surface area (Å²) in [5.74, 6) is 0.715. The zero-order valence-corrected chi connectivity index (χ0v) is 13.8. The molecule has 1 amide bonds. The van der Waals surface area contributed by atoms with E-state index in [1.54, 1.807) is 13.3 Å². The van der Waals surface area contributed by atoms with Gasteiger partial charge in [0.1, 0.15) is 5.75 Å². The molecule has 0 aliphatic heterocycles. The molecule has 122 valence electrons. The molecule has 0 atom stereocenters. The van der Waals surface area contributed by atoms with Gasteiger partial charge in [-0.1, -0.05) is 57.6 Å². The van der Waals surface area contributed by atoms with Crippen molar-refractivity contribution in [3.63, 3.8) is 0 Å². The van der Waals surface area contributed by atoms with Gasteiger partial charge in [0, 0.05) is 12.0 Å². The van der Waals surface area contributed by atoms with Crippen LogP contribution in [0.15, 0.2) is 29.4 Å². The van der Waals surface area contributed by atoms with Gasteiger partial charge < -0.3 is 4.74 Å². The third-order valence-corrected chi connectivity index (χ3v) is 3.54. The largest absolute Gasteiger partial charge is 0.496 e. The molecular formula is C18H28N2O2. The van der Waals surface area contributed by atoms with E-state index in [0.29, 0.717) is 6.42 Å². The van der Waals surface area contributed by atoms with Crippen LogP contribution in [0, 0.1) is 0 Å². The number of carbonyl (C=O) groups excluding carboxylic acids is 1. The Labute approximate surface area is 134 Å². The Morgan fingerprint density at radius 3 is 2.55 bits per heavy atom. The van der Waals surface area contributed by atoms with Crippen molar-refractivity contribution in [1.29, 1.82) is 0 Å². The summed E-state index contributed by atoms with van der Waals surface area (Å²) in [6.07, 6.45) is 10.6. The van der Waals surface area contributed by atoms with Crippen molar-refractivity contribution in [3.8, 4) is 5.75 Å². The predicted molar refractivity (Wildman–Crippen MR) is 91.3 cm³/mol. The van der Waals surface area contributed by atoms with Crippen LogP contribution in [-0.2, 0) is 4.79 Å². The number of hydrogen-bond donors (Lipinski definition) is 1. The molecule has 0 radical (unpaired) electrons. The van der Waals surface area contributed by atoms with E-state index in [2.05, 4.69) is 17.5 Å². The van der Waals surface area contributed by atoms with Crippen LogP contribution < -0.4 is 10.2 Å². The van der Waals surface area contributed by atoms with Crippen LogP contribution in [0.25, 0.3) is 0 Å². The number of ether oxygens (including phenoxy) is 1. The summed E-state index contributed by atoms with van der Waals surface area (Å²) >= 11 is 0. The molecule has 1 aromatic rings. The Hall–Kier alpha value is -1.84. The Bertz CT molecular complexity index is 458. The van der Waals surface area contributed by atoms with Crippen molar-refractivity contribution >= 4 is 12.1 Å². The molecule has 0 aliphatic rings. The number of unbranched alkanes of at least 4 members (excludes halogenated alkanes) is 6. The second kappa shape index (κ2) is 11.8. The molecule has 4 heteroatoms. The fourth-order valence-electron chi connectivity index (χ4n) is 2.25. The molecule has 0 fully saturated rings. The van der Waals surface area contributed by atoms with Gasteiger partial charge >= 0.3 is 0 Å². The fraction of sp³-hybridized carbons (Fsp3) is 0.556. The molecule has 0 spiro atoms. The van der Waals surface area contributed by atoms with Gasteiger partial charge in [-0.15, -0.1) is 0 Å². The lowest BCUT2D eigenvalue weighted by molar-refractivity contribution is -0.121. The first kappa shape index (κ1) is 18.2. The number of nitrogens with one attached hydrogen (secondary N) is 1. The molecule has 0 bridgehead atoms. The average molecular weight is 304 g/mol. The Morgan fingerprint density at radius 2 is 1.82 bits per heavy atom. The third kappa shape index (κ3) is 7.81. The highest BCUT2D eigenvalue weighted by Crippen LogP contribution is 2.14. The molecule has 4 nitrogen and oxygen atoms in total. The normalized spacial score (nSPS) is 10.8. The summed E-state index contributed by atoms with van der Waals surface area (Å²) < 4.78 is 5.22. The van der Waals surface area contributed by atoms with E-state index in [-0.39, 0.29) is 5.91 Å². The average Bonchev–Trinajstić information content (AvgIpc) is 2.54. The van der Waals surface area contributed by atoms with Gasteiger partial charge in [-0.05, 0) is 18.6 Å². The number of benzene rings is 1. The van der Waals surface area contributed by atoms with E-state index in [9.17, 15) is 4.79 Å². The van der Waals surface area contributed by atoms with Crippen molar-refractivity contribution in [1.82, 2.24) is 5.43 Å². The summed E-state index contributed by atoms with van der Waals surface area (Å²) in [6.45, 7) is 2.22. The number of rotatable bonds is 11. The molecular weight excluding hydrogens is 276 g/mol. The first-order valence-electron chi connectivity index (χ1n) is 8.22. The summed E-state index contributed by atoms with van der Waals surface area (Å²) in [5, 5.41) is 3.99. The maximum absolute atomic E-state index is 11.7. The number of hydrazone groups is 1. The van der Waals surface area contributed by atoms with Gasteiger partial charge in [-0.2, -0.15) is 5.10 Å². The SMILES string of the molecule is CCCCCCCCCC(=O)N/N=C\c1ccccc1OC. The van der Waals surface area contributed by atoms with Crippen LogP contribution in [-0.4, -0.2) is 19.2 Å². The Kier molecular flexibility index (Phi) is 9.75. The van der Waals surface area contributed by atoms with E-state index in [1.165, 1.54) is 32.1 Å². The van der Waals surface area contributed by atoms with Crippen molar-refractivity contribution in [2.24, 2.45) is 5.10 Å². The van der Waals surface area contributed by atoms with Crippen molar-refractivity contribution in [2.75, 3.05) is 7.11 Å². The predicted octanol–water partition coefficient (Wildman–Crippen LogP) is 4.29. The summed E-state index contributed by atoms with van der Waals surface area (Å²) in [5.41, 5.74) is 3.42. The van der Waals surface area contributed by atoms with Crippen molar-refractivity contribution < 1.29 is 9.53 Å². The molecule has 0 unspecified atom stereocenters. The second-order valence-electron chi connectivity index (χ2n) is 5.41. The van der Waals surface area contributed by atoms with Crippen LogP contribution in [0.4, 0.5) is 0 Å². The van der Waals surface area contributed by atoms with E-state index in [4.69, 9.17) is 4.74 Å². The highest BCUT2D eigenvalue weighted by molar-refractivity contribution is 5.85. The van der Waals surface area contributed by atoms with Gasteiger partial charge in [-0.3, -0.25) is 4.79 Å². The summed E-state index contributed by atoms with van der Waals surface area (Å²) in [6, 6.07) is 7.56. The van der Waals surface area contributed by atoms with Crippen LogP contribution in [0.5, 0.6) is 5.75 Å². The number of hydrogen-bond acceptors (Lipinski definition) is 3. The van der Waals surface area contributed by atoms with E-state index in [0.717, 1.165) is 24.2 Å². The topological polar surface area (TPSA) is 50.7 Å². The van der Waals surface area contributed by atoms with E-state index >= 15 is 0 Å². The second-order valence-corrected chi connectivity index (χ2v) is 5.41. The first-order chi connectivity index (χ1) is 10.8. The molecule has 0 heterocycles. The highest BCUT2D eigenvalue weighted by atomic mass is 16.5. The first-order valence-corrected chi connectivity index (χ1v) is 8.22. The molecule has 1 rings (SSSR count). The third-order valence-electron chi connectivity index (χ3n) is 3.54. The maximum atomic E-state index is 11.7. The number of para-hydroxylation sites is 1. The van der Waals surface area contributed by atoms with Crippen molar-refractivity contribution in [3.05, 3.63) is 29.8 Å². The molecule has 0 aliphatic carbocycles. The quantitative estimate of drug-likeness (QED) is 0.377. The smallest absolute Gasteiger partial charge is 0.240 e. The van der Waals surface area contributed by atoms with Crippen molar-refractivity contribution in [2.45, 2.75) is 58.3 Å². The zero-order valence-electron chi connectivity index (χ0n) is 13.8. The van der Waals surface area contributed by atoms with Gasteiger partial charge in [0.2, 0.25) is 5.91 Å². The molecule has 0 saturated carbocycles. The minimum absolute atomic E-state index is 0.0280. The molecule has 22 heavy (non-hydrogen) atoms. The standard InChI is InChI=1S/C18H28N2O2/c1-3-4-5-6-7-8-9-14-18(21)20-19-15-16-12-10-11-13-17(16)22-2/h10-13,15H,3-9,14H2,1-2H3,(H,20,21)/b19-15-. The minimum atomic E-state index is -0.0280. The van der Waals surface area contributed by atoms with E-state index < -0.39 is 0 Å². The van der Waals surface area contributed by atoms with Gasteiger partial charge in [0.25, 0.3) is 0 Å². The lowest BCUT2D eigenvalue weighted by Gasteiger charge is -2.03. The highest BCUT2D eigenvalue weighted by Gasteiger charge is 2.00. The molecule has 1 N–H and O–H groups in total. The Balaban J connectivity index is 2.16. The van der Waals surface area contributed by atoms with Crippen LogP contribution in [0.1, 0.15) is 63.9 Å².